The predicted molar refractivity (Wildman–Crippen MR) is 54.9 cm³/mol. The van der Waals surface area contributed by atoms with E-state index in [1.165, 1.54) is 0 Å². The molecule has 0 spiro atoms. The summed E-state index contributed by atoms with van der Waals surface area (Å²) in [5.74, 6) is -0.787. The van der Waals surface area contributed by atoms with E-state index in [0.29, 0.717) is 6.67 Å². The summed E-state index contributed by atoms with van der Waals surface area (Å²) < 4.78 is 31.6. The first-order valence-corrected chi connectivity index (χ1v) is 5.58. The molecule has 1 unspecified atom stereocenters. The molecule has 1 aliphatic rings. The van der Waals surface area contributed by atoms with Crippen molar-refractivity contribution in [3.05, 3.63) is 12.4 Å². The molecule has 1 heterocycles. The SMILES string of the molecule is CC(C(=O)O)N1C=CN(C)C1.O=S(=O)(O)O. The number of aliphatic carboxylic acids is 1. The molecule has 16 heavy (non-hydrogen) atoms. The Kier molecular flexibility index (Phi) is 5.21. The van der Waals surface area contributed by atoms with Crippen LogP contribution in [0.2, 0.25) is 0 Å². The number of hydrogen-bond donors (Lipinski definition) is 3. The van der Waals surface area contributed by atoms with Crippen molar-refractivity contribution >= 4 is 16.4 Å². The molecule has 1 aliphatic heterocycles. The van der Waals surface area contributed by atoms with Crippen LogP contribution >= 0.6 is 0 Å². The fourth-order valence-corrected chi connectivity index (χ4v) is 0.945. The van der Waals surface area contributed by atoms with Crippen LogP contribution in [0.15, 0.2) is 12.4 Å². The monoisotopic (exact) mass is 254 g/mol. The molecular weight excluding hydrogens is 240 g/mol. The Labute approximate surface area is 93.3 Å². The van der Waals surface area contributed by atoms with Gasteiger partial charge in [-0.1, -0.05) is 0 Å². The Hall–Kier alpha value is -1.32. The molecule has 1 atom stereocenters. The standard InChI is InChI=1S/C7H12N2O2.H2O4S/c1-6(7(10)11)9-4-3-8(2)5-9;1-5(2,3)4/h3-4,6H,5H2,1-2H3,(H,10,11);(H2,1,2,3,4). The van der Waals surface area contributed by atoms with Crippen LogP contribution in [-0.2, 0) is 15.2 Å². The lowest BCUT2D eigenvalue weighted by atomic mass is 10.3. The highest BCUT2D eigenvalue weighted by molar-refractivity contribution is 7.79. The summed E-state index contributed by atoms with van der Waals surface area (Å²) in [6.45, 7) is 2.33. The van der Waals surface area contributed by atoms with Gasteiger partial charge in [0.05, 0.1) is 6.67 Å². The zero-order valence-electron chi connectivity index (χ0n) is 8.81. The smallest absolute Gasteiger partial charge is 0.394 e. The zero-order chi connectivity index (χ0) is 12.9. The summed E-state index contributed by atoms with van der Waals surface area (Å²) in [5.41, 5.74) is 0. The molecule has 0 bridgehead atoms. The van der Waals surface area contributed by atoms with Crippen molar-refractivity contribution in [2.24, 2.45) is 0 Å². The topological polar surface area (TPSA) is 118 Å². The molecule has 0 aromatic heterocycles. The zero-order valence-corrected chi connectivity index (χ0v) is 9.62. The highest BCUT2D eigenvalue weighted by atomic mass is 32.3. The van der Waals surface area contributed by atoms with Crippen molar-refractivity contribution in [2.45, 2.75) is 13.0 Å². The van der Waals surface area contributed by atoms with Gasteiger partial charge in [-0.15, -0.1) is 0 Å². The number of nitrogens with zero attached hydrogens (tertiary/aromatic N) is 2. The predicted octanol–water partition coefficient (Wildman–Crippen LogP) is -0.517. The van der Waals surface area contributed by atoms with E-state index >= 15 is 0 Å². The molecule has 0 aliphatic carbocycles. The molecular formula is C7H14N2O6S. The van der Waals surface area contributed by atoms with E-state index in [9.17, 15) is 4.79 Å². The van der Waals surface area contributed by atoms with Gasteiger partial charge in [0.25, 0.3) is 0 Å². The summed E-state index contributed by atoms with van der Waals surface area (Å²) in [7, 11) is -2.76. The first kappa shape index (κ1) is 14.7. The van der Waals surface area contributed by atoms with E-state index in [0.717, 1.165) is 0 Å². The summed E-state index contributed by atoms with van der Waals surface area (Å²) in [6, 6.07) is -0.434. The number of carbonyl (C=O) groups is 1. The van der Waals surface area contributed by atoms with Crippen LogP contribution < -0.4 is 0 Å². The summed E-state index contributed by atoms with van der Waals surface area (Å²) in [4.78, 5) is 14.2. The average molecular weight is 254 g/mol. The Balaban J connectivity index is 0.000000385. The maximum Gasteiger partial charge on any atom is 0.394 e. The Morgan fingerprint density at radius 3 is 2.06 bits per heavy atom. The maximum atomic E-state index is 10.5. The van der Waals surface area contributed by atoms with Gasteiger partial charge in [-0.2, -0.15) is 8.42 Å². The van der Waals surface area contributed by atoms with Crippen molar-refractivity contribution in [3.63, 3.8) is 0 Å². The second kappa shape index (κ2) is 5.68. The molecule has 0 amide bonds. The maximum absolute atomic E-state index is 10.5. The minimum atomic E-state index is -4.67. The Morgan fingerprint density at radius 2 is 1.81 bits per heavy atom. The minimum Gasteiger partial charge on any atom is -0.480 e. The summed E-state index contributed by atoms with van der Waals surface area (Å²) in [5, 5.41) is 8.63. The lowest BCUT2D eigenvalue weighted by molar-refractivity contribution is -0.141. The van der Waals surface area contributed by atoms with Crippen molar-refractivity contribution in [3.8, 4) is 0 Å². The quantitative estimate of drug-likeness (QED) is 0.563. The fourth-order valence-electron chi connectivity index (χ4n) is 0.945. The number of carboxylic acid groups (broad SMARTS) is 1. The van der Waals surface area contributed by atoms with E-state index in [-0.39, 0.29) is 0 Å². The Bertz CT molecular complexity index is 357. The second-order valence-electron chi connectivity index (χ2n) is 3.17. The lowest BCUT2D eigenvalue weighted by Crippen LogP contribution is -2.36. The summed E-state index contributed by atoms with van der Waals surface area (Å²) in [6.07, 6.45) is 3.65. The molecule has 9 heteroatoms. The van der Waals surface area contributed by atoms with Gasteiger partial charge in [0.1, 0.15) is 6.04 Å². The molecule has 3 N–H and O–H groups in total. The van der Waals surface area contributed by atoms with Crippen LogP contribution in [0.1, 0.15) is 6.92 Å². The van der Waals surface area contributed by atoms with Crippen molar-refractivity contribution < 1.29 is 27.4 Å². The molecule has 0 aromatic carbocycles. The van der Waals surface area contributed by atoms with Gasteiger partial charge >= 0.3 is 16.4 Å². The number of rotatable bonds is 2. The minimum absolute atomic E-state index is 0.434. The number of hydrogen-bond acceptors (Lipinski definition) is 5. The van der Waals surface area contributed by atoms with Crippen LogP contribution in [0.3, 0.4) is 0 Å². The van der Waals surface area contributed by atoms with Crippen molar-refractivity contribution in [1.82, 2.24) is 9.80 Å². The van der Waals surface area contributed by atoms with Crippen LogP contribution in [0.4, 0.5) is 0 Å². The van der Waals surface area contributed by atoms with Gasteiger partial charge in [0.2, 0.25) is 0 Å². The van der Waals surface area contributed by atoms with Crippen molar-refractivity contribution in [1.29, 1.82) is 0 Å². The van der Waals surface area contributed by atoms with E-state index in [4.69, 9.17) is 22.6 Å². The highest BCUT2D eigenvalue weighted by Gasteiger charge is 2.20. The third-order valence-electron chi connectivity index (χ3n) is 1.75. The van der Waals surface area contributed by atoms with E-state index in [2.05, 4.69) is 0 Å². The first-order chi connectivity index (χ1) is 7.11. The molecule has 0 fully saturated rings. The number of carboxylic acids is 1. The van der Waals surface area contributed by atoms with Crippen LogP contribution in [-0.4, -0.2) is 58.2 Å². The van der Waals surface area contributed by atoms with Gasteiger partial charge in [-0.05, 0) is 6.92 Å². The largest absolute Gasteiger partial charge is 0.480 e. The van der Waals surface area contributed by atoms with Crippen LogP contribution in [0.5, 0.6) is 0 Å². The Morgan fingerprint density at radius 1 is 1.38 bits per heavy atom. The molecule has 0 saturated carbocycles. The van der Waals surface area contributed by atoms with Crippen LogP contribution in [0.25, 0.3) is 0 Å². The van der Waals surface area contributed by atoms with Gasteiger partial charge in [0.15, 0.2) is 0 Å². The third kappa shape index (κ3) is 7.04. The van der Waals surface area contributed by atoms with E-state index < -0.39 is 22.4 Å². The molecule has 0 saturated heterocycles. The van der Waals surface area contributed by atoms with Crippen LogP contribution in [0, 0.1) is 0 Å². The molecule has 94 valence electrons. The highest BCUT2D eigenvalue weighted by Crippen LogP contribution is 2.08. The van der Waals surface area contributed by atoms with E-state index in [1.807, 2.05) is 18.1 Å². The van der Waals surface area contributed by atoms with Gasteiger partial charge < -0.3 is 14.9 Å². The van der Waals surface area contributed by atoms with Gasteiger partial charge in [0, 0.05) is 19.4 Å². The fraction of sp³-hybridized carbons (Fsp3) is 0.571. The molecule has 0 aromatic rings. The van der Waals surface area contributed by atoms with Gasteiger partial charge in [-0.25, -0.2) is 4.79 Å². The van der Waals surface area contributed by atoms with Crippen molar-refractivity contribution in [2.75, 3.05) is 13.7 Å². The lowest BCUT2D eigenvalue weighted by Gasteiger charge is -2.21. The molecule has 8 nitrogen and oxygen atoms in total. The first-order valence-electron chi connectivity index (χ1n) is 4.18. The normalized spacial score (nSPS) is 16.8. The third-order valence-corrected chi connectivity index (χ3v) is 1.75. The van der Waals surface area contributed by atoms with E-state index in [1.54, 1.807) is 18.0 Å². The second-order valence-corrected chi connectivity index (χ2v) is 4.07. The molecule has 1 rings (SSSR count). The molecule has 0 radical (unpaired) electrons. The van der Waals surface area contributed by atoms with Gasteiger partial charge in [-0.3, -0.25) is 9.11 Å². The average Bonchev–Trinajstić information content (AvgIpc) is 2.47. The summed E-state index contributed by atoms with van der Waals surface area (Å²) >= 11 is 0.